The second kappa shape index (κ2) is 6.98. The molecule has 2 rings (SSSR count). The zero-order valence-electron chi connectivity index (χ0n) is 11.5. The van der Waals surface area contributed by atoms with Crippen LogP contribution < -0.4 is 46.8 Å². The molecule has 12 heteroatoms. The van der Waals surface area contributed by atoms with Crippen LogP contribution in [0.1, 0.15) is 0 Å². The fourth-order valence-corrected chi connectivity index (χ4v) is 1.95. The normalized spacial score (nSPS) is 11.3. The molecule has 0 spiro atoms. The summed E-state index contributed by atoms with van der Waals surface area (Å²) in [5, 5.41) is 7.53. The molecule has 2 aromatic rings. The van der Waals surface area contributed by atoms with Crippen LogP contribution in [0.15, 0.2) is 39.4 Å². The molecule has 0 saturated heterocycles. The summed E-state index contributed by atoms with van der Waals surface area (Å²) in [4.78, 5) is 7.04. The molecule has 0 aliphatic carbocycles. The molecule has 22 heavy (non-hydrogen) atoms. The summed E-state index contributed by atoms with van der Waals surface area (Å²) >= 11 is 0. The van der Waals surface area contributed by atoms with Gasteiger partial charge >= 0.3 is 29.6 Å². The second-order valence-corrected chi connectivity index (χ2v) is 5.29. The third kappa shape index (κ3) is 4.35. The monoisotopic (exact) mass is 332 g/mol. The van der Waals surface area contributed by atoms with Gasteiger partial charge in [-0.3, -0.25) is 4.55 Å². The first kappa shape index (κ1) is 18.3. The molecule has 1 aromatic carbocycles. The summed E-state index contributed by atoms with van der Waals surface area (Å²) in [5.74, 6) is -0.221. The van der Waals surface area contributed by atoms with Crippen molar-refractivity contribution in [2.45, 2.75) is 4.90 Å². The standard InChI is InChI=1S/C10H11N7O3S.Na/c11-8-7(9(12)15-10(13)14-8)17-16-5-2-1-3-6(4-5)21(18,19)20;/h1-4H,(H,18,19,20)(H6,11,12,13,14,15);/q;+1. The van der Waals surface area contributed by atoms with Gasteiger partial charge in [0.2, 0.25) is 5.95 Å². The number of nitrogens with two attached hydrogens (primary N) is 3. The minimum atomic E-state index is -4.32. The summed E-state index contributed by atoms with van der Waals surface area (Å²) in [6.07, 6.45) is 0. The van der Waals surface area contributed by atoms with Gasteiger partial charge in [-0.15, -0.1) is 5.11 Å². The summed E-state index contributed by atoms with van der Waals surface area (Å²) in [6, 6.07) is 5.21. The molecule has 110 valence electrons. The van der Waals surface area contributed by atoms with Gasteiger partial charge in [-0.05, 0) is 18.2 Å². The minimum absolute atomic E-state index is 0. The Balaban J connectivity index is 0.00000242. The number of hydrogen-bond acceptors (Lipinski definition) is 9. The van der Waals surface area contributed by atoms with Gasteiger partial charge < -0.3 is 17.2 Å². The van der Waals surface area contributed by atoms with Crippen LogP contribution in [0.3, 0.4) is 0 Å². The van der Waals surface area contributed by atoms with Gasteiger partial charge in [0.1, 0.15) is 0 Å². The second-order valence-electron chi connectivity index (χ2n) is 3.87. The molecule has 0 aliphatic heterocycles. The van der Waals surface area contributed by atoms with Gasteiger partial charge in [0.25, 0.3) is 10.1 Å². The fourth-order valence-electron chi connectivity index (χ4n) is 1.43. The van der Waals surface area contributed by atoms with Gasteiger partial charge in [0.05, 0.1) is 10.6 Å². The number of rotatable bonds is 3. The molecule has 0 atom stereocenters. The Bertz CT molecular complexity index is 802. The maximum absolute atomic E-state index is 11.0. The van der Waals surface area contributed by atoms with E-state index in [0.717, 1.165) is 6.07 Å². The van der Waals surface area contributed by atoms with Crippen molar-refractivity contribution in [3.8, 4) is 0 Å². The first-order valence-corrected chi connectivity index (χ1v) is 6.89. The molecule has 0 saturated carbocycles. The first-order chi connectivity index (χ1) is 9.77. The number of nitrogens with zero attached hydrogens (tertiary/aromatic N) is 4. The van der Waals surface area contributed by atoms with E-state index in [2.05, 4.69) is 20.2 Å². The largest absolute Gasteiger partial charge is 1.00 e. The molecule has 0 aliphatic rings. The van der Waals surface area contributed by atoms with E-state index < -0.39 is 10.1 Å². The van der Waals surface area contributed by atoms with E-state index in [0.29, 0.717) is 0 Å². The molecular formula is C10H11N7NaO3S+. The average molecular weight is 332 g/mol. The number of aromatic nitrogens is 2. The fraction of sp³-hybridized carbons (Fsp3) is 0. The number of anilines is 3. The topological polar surface area (TPSA) is 183 Å². The molecule has 1 aromatic heterocycles. The molecule has 0 bridgehead atoms. The maximum Gasteiger partial charge on any atom is 1.00 e. The number of nitrogen functional groups attached to an aromatic ring is 3. The Labute approximate surface area is 147 Å². The van der Waals surface area contributed by atoms with Crippen LogP contribution in [0, 0.1) is 0 Å². The molecule has 7 N–H and O–H groups in total. The van der Waals surface area contributed by atoms with E-state index in [1.165, 1.54) is 18.2 Å². The summed E-state index contributed by atoms with van der Waals surface area (Å²) in [7, 11) is -4.32. The Morgan fingerprint density at radius 1 is 1.05 bits per heavy atom. The van der Waals surface area contributed by atoms with Crippen LogP contribution in [-0.4, -0.2) is 22.9 Å². The molecule has 1 heterocycles. The smallest absolute Gasteiger partial charge is 0.382 e. The molecular weight excluding hydrogens is 321 g/mol. The Kier molecular flexibility index (Phi) is 5.79. The van der Waals surface area contributed by atoms with Crippen molar-refractivity contribution in [2.24, 2.45) is 10.2 Å². The van der Waals surface area contributed by atoms with E-state index in [1.54, 1.807) is 0 Å². The third-order valence-electron chi connectivity index (χ3n) is 2.34. The Morgan fingerprint density at radius 3 is 2.18 bits per heavy atom. The quantitative estimate of drug-likeness (QED) is 0.279. The summed E-state index contributed by atoms with van der Waals surface area (Å²) < 4.78 is 31.0. The minimum Gasteiger partial charge on any atom is -0.382 e. The van der Waals surface area contributed by atoms with E-state index in [4.69, 9.17) is 21.8 Å². The van der Waals surface area contributed by atoms with Crippen molar-refractivity contribution in [3.05, 3.63) is 24.3 Å². The molecule has 0 unspecified atom stereocenters. The van der Waals surface area contributed by atoms with Crippen molar-refractivity contribution >= 4 is 39.1 Å². The van der Waals surface area contributed by atoms with Crippen LogP contribution in [0.25, 0.3) is 0 Å². The summed E-state index contributed by atoms with van der Waals surface area (Å²) in [6.45, 7) is 0. The molecule has 0 amide bonds. The first-order valence-electron chi connectivity index (χ1n) is 5.45. The number of benzene rings is 1. The zero-order valence-corrected chi connectivity index (χ0v) is 14.3. The third-order valence-corrected chi connectivity index (χ3v) is 3.19. The van der Waals surface area contributed by atoms with Gasteiger partial charge in [0, 0.05) is 0 Å². The van der Waals surface area contributed by atoms with E-state index in [9.17, 15) is 8.42 Å². The van der Waals surface area contributed by atoms with Crippen LogP contribution in [0.2, 0.25) is 0 Å². The van der Waals surface area contributed by atoms with Gasteiger partial charge in [-0.25, -0.2) is 0 Å². The SMILES string of the molecule is Nc1nc(N)c(N=Nc2cccc(S(=O)(=O)O)c2)c(N)n1.[Na+]. The van der Waals surface area contributed by atoms with Gasteiger partial charge in [-0.2, -0.15) is 23.5 Å². The predicted octanol–water partition coefficient (Wildman–Crippen LogP) is -2.11. The Morgan fingerprint density at radius 2 is 1.64 bits per heavy atom. The van der Waals surface area contributed by atoms with E-state index >= 15 is 0 Å². The van der Waals surface area contributed by atoms with Crippen molar-refractivity contribution in [3.63, 3.8) is 0 Å². The van der Waals surface area contributed by atoms with Gasteiger partial charge in [-0.1, -0.05) is 6.07 Å². The molecule has 10 nitrogen and oxygen atoms in total. The average Bonchev–Trinajstić information content (AvgIpc) is 2.36. The maximum atomic E-state index is 11.0. The van der Waals surface area contributed by atoms with Crippen molar-refractivity contribution < 1.29 is 42.5 Å². The summed E-state index contributed by atoms with van der Waals surface area (Å²) in [5.41, 5.74) is 16.7. The molecule has 0 radical (unpaired) electrons. The van der Waals surface area contributed by atoms with Crippen molar-refractivity contribution in [2.75, 3.05) is 17.2 Å². The van der Waals surface area contributed by atoms with E-state index in [1.807, 2.05) is 0 Å². The van der Waals surface area contributed by atoms with Crippen LogP contribution >= 0.6 is 0 Å². The van der Waals surface area contributed by atoms with E-state index in [-0.39, 0.29) is 63.4 Å². The predicted molar refractivity (Wildman–Crippen MR) is 75.7 cm³/mol. The van der Waals surface area contributed by atoms with Crippen LogP contribution in [-0.2, 0) is 10.1 Å². The van der Waals surface area contributed by atoms with Crippen molar-refractivity contribution in [1.29, 1.82) is 0 Å². The van der Waals surface area contributed by atoms with Crippen molar-refractivity contribution in [1.82, 2.24) is 9.97 Å². The molecule has 0 fully saturated rings. The Hall–Kier alpha value is -1.79. The number of hydrogen-bond donors (Lipinski definition) is 4. The zero-order chi connectivity index (χ0) is 15.6. The van der Waals surface area contributed by atoms with Crippen LogP contribution in [0.4, 0.5) is 29.0 Å². The van der Waals surface area contributed by atoms with Crippen LogP contribution in [0.5, 0.6) is 0 Å². The van der Waals surface area contributed by atoms with Gasteiger partial charge in [0.15, 0.2) is 17.3 Å². The number of azo groups is 1.